The van der Waals surface area contributed by atoms with Crippen LogP contribution >= 0.6 is 0 Å². The molecule has 110 valence electrons. The van der Waals surface area contributed by atoms with Gasteiger partial charge in [0, 0.05) is 12.3 Å². The number of carbonyl (C=O) groups is 1. The minimum atomic E-state index is -0.508. The molecule has 1 amide bonds. The molecule has 0 aliphatic rings. The lowest BCUT2D eigenvalue weighted by molar-refractivity contribution is 0.102. The predicted molar refractivity (Wildman–Crippen MR) is 76.2 cm³/mol. The van der Waals surface area contributed by atoms with Crippen molar-refractivity contribution in [2.45, 2.75) is 6.54 Å². The van der Waals surface area contributed by atoms with E-state index in [0.29, 0.717) is 6.54 Å². The van der Waals surface area contributed by atoms with Crippen LogP contribution in [0.15, 0.2) is 47.7 Å². The number of carbonyl (C=O) groups excluding carboxylic acids is 1. The Morgan fingerprint density at radius 1 is 1.23 bits per heavy atom. The molecule has 3 aromatic rings. The fraction of sp³-hybridized carbons (Fsp3) is 0.0769. The average molecular weight is 297 g/mol. The molecule has 22 heavy (non-hydrogen) atoms. The first-order valence-electron chi connectivity index (χ1n) is 6.37. The first kappa shape index (κ1) is 13.6. The van der Waals surface area contributed by atoms with Gasteiger partial charge in [-0.25, -0.2) is 14.8 Å². The van der Waals surface area contributed by atoms with Crippen LogP contribution in [-0.4, -0.2) is 35.9 Å². The van der Waals surface area contributed by atoms with Crippen molar-refractivity contribution < 1.29 is 4.79 Å². The summed E-state index contributed by atoms with van der Waals surface area (Å²) in [5, 5.41) is 12.4. The number of hydrogen-bond acceptors (Lipinski definition) is 6. The number of amides is 1. The molecule has 0 spiro atoms. The SMILES string of the molecule is O=C(Nc1ncn(Cc2ccccn2)n1)c1ccc(=O)[nH]n1. The van der Waals surface area contributed by atoms with E-state index in [1.165, 1.54) is 18.5 Å². The van der Waals surface area contributed by atoms with Crippen molar-refractivity contribution in [3.63, 3.8) is 0 Å². The third-order valence-electron chi connectivity index (χ3n) is 2.72. The van der Waals surface area contributed by atoms with E-state index in [9.17, 15) is 9.59 Å². The zero-order chi connectivity index (χ0) is 15.4. The van der Waals surface area contributed by atoms with E-state index in [0.717, 1.165) is 5.69 Å². The standard InChI is InChI=1S/C13H11N7O2/c21-11-5-4-10(17-18-11)12(22)16-13-15-8-20(19-13)7-9-3-1-2-6-14-9/h1-6,8H,7H2,(H,18,21)(H,16,19,22). The van der Waals surface area contributed by atoms with Gasteiger partial charge < -0.3 is 0 Å². The minimum Gasteiger partial charge on any atom is -0.288 e. The third-order valence-corrected chi connectivity index (χ3v) is 2.72. The van der Waals surface area contributed by atoms with Gasteiger partial charge in [0.05, 0.1) is 12.2 Å². The quantitative estimate of drug-likeness (QED) is 0.702. The maximum Gasteiger partial charge on any atom is 0.278 e. The van der Waals surface area contributed by atoms with Gasteiger partial charge in [-0.3, -0.25) is 19.9 Å². The smallest absolute Gasteiger partial charge is 0.278 e. The molecular formula is C13H11N7O2. The Labute approximate surface area is 124 Å². The van der Waals surface area contributed by atoms with Crippen molar-refractivity contribution in [2.24, 2.45) is 0 Å². The van der Waals surface area contributed by atoms with Gasteiger partial charge in [0.25, 0.3) is 11.5 Å². The van der Waals surface area contributed by atoms with E-state index in [1.807, 2.05) is 18.2 Å². The second-order valence-electron chi connectivity index (χ2n) is 4.35. The lowest BCUT2D eigenvalue weighted by Crippen LogP contribution is -2.18. The molecular weight excluding hydrogens is 286 g/mol. The highest BCUT2D eigenvalue weighted by Crippen LogP contribution is 2.02. The molecule has 3 aromatic heterocycles. The van der Waals surface area contributed by atoms with Gasteiger partial charge >= 0.3 is 0 Å². The molecule has 9 heteroatoms. The van der Waals surface area contributed by atoms with E-state index in [1.54, 1.807) is 10.9 Å². The highest BCUT2D eigenvalue weighted by Gasteiger charge is 2.10. The average Bonchev–Trinajstić information content (AvgIpc) is 2.96. The molecule has 0 bridgehead atoms. The minimum absolute atomic E-state index is 0.0701. The number of nitrogens with one attached hydrogen (secondary N) is 2. The second kappa shape index (κ2) is 5.95. The molecule has 3 heterocycles. The number of rotatable bonds is 4. The van der Waals surface area contributed by atoms with Gasteiger partial charge in [-0.15, -0.1) is 5.10 Å². The summed E-state index contributed by atoms with van der Waals surface area (Å²) in [5.74, 6) is -0.360. The number of pyridine rings is 1. The summed E-state index contributed by atoms with van der Waals surface area (Å²) in [7, 11) is 0. The van der Waals surface area contributed by atoms with E-state index < -0.39 is 5.91 Å². The van der Waals surface area contributed by atoms with Crippen LogP contribution in [-0.2, 0) is 6.54 Å². The molecule has 9 nitrogen and oxygen atoms in total. The number of hydrogen-bond donors (Lipinski definition) is 2. The normalized spacial score (nSPS) is 10.4. The van der Waals surface area contributed by atoms with Crippen LogP contribution < -0.4 is 10.9 Å². The topological polar surface area (TPSA) is 118 Å². The summed E-state index contributed by atoms with van der Waals surface area (Å²) < 4.78 is 1.55. The van der Waals surface area contributed by atoms with Crippen LogP contribution in [0.25, 0.3) is 0 Å². The van der Waals surface area contributed by atoms with Crippen LogP contribution in [0.4, 0.5) is 5.95 Å². The van der Waals surface area contributed by atoms with E-state index in [4.69, 9.17) is 0 Å². The van der Waals surface area contributed by atoms with Crippen molar-refractivity contribution in [1.82, 2.24) is 29.9 Å². The summed E-state index contributed by atoms with van der Waals surface area (Å²) in [4.78, 5) is 31.0. The third kappa shape index (κ3) is 3.20. The van der Waals surface area contributed by atoms with Crippen molar-refractivity contribution >= 4 is 11.9 Å². The monoisotopic (exact) mass is 297 g/mol. The Hall–Kier alpha value is -3.36. The number of aromatic amines is 1. The van der Waals surface area contributed by atoms with Gasteiger partial charge in [0.2, 0.25) is 5.95 Å². The lowest BCUT2D eigenvalue weighted by Gasteiger charge is -2.00. The number of nitrogens with zero attached hydrogens (tertiary/aromatic N) is 5. The largest absolute Gasteiger partial charge is 0.288 e. The van der Waals surface area contributed by atoms with Crippen molar-refractivity contribution in [3.05, 3.63) is 64.6 Å². The van der Waals surface area contributed by atoms with Crippen LogP contribution in [0.3, 0.4) is 0 Å². The van der Waals surface area contributed by atoms with Crippen LogP contribution in [0.2, 0.25) is 0 Å². The molecule has 0 saturated carbocycles. The van der Waals surface area contributed by atoms with Crippen LogP contribution in [0, 0.1) is 0 Å². The molecule has 2 N–H and O–H groups in total. The Balaban J connectivity index is 1.67. The van der Waals surface area contributed by atoms with Gasteiger partial charge in [0.1, 0.15) is 12.0 Å². The molecule has 0 aliphatic heterocycles. The molecule has 0 aromatic carbocycles. The summed E-state index contributed by atoms with van der Waals surface area (Å²) >= 11 is 0. The number of H-pyrrole nitrogens is 1. The summed E-state index contributed by atoms with van der Waals surface area (Å²) in [6.45, 7) is 0.445. The Kier molecular flexibility index (Phi) is 3.69. The van der Waals surface area contributed by atoms with Gasteiger partial charge in [0.15, 0.2) is 0 Å². The summed E-state index contributed by atoms with van der Waals surface area (Å²) in [5.41, 5.74) is 0.516. The molecule has 3 rings (SSSR count). The zero-order valence-corrected chi connectivity index (χ0v) is 11.3. The maximum atomic E-state index is 11.9. The van der Waals surface area contributed by atoms with Crippen molar-refractivity contribution in [2.75, 3.05) is 5.32 Å². The number of anilines is 1. The maximum absolute atomic E-state index is 11.9. The van der Waals surface area contributed by atoms with E-state index in [2.05, 4.69) is 30.6 Å². The fourth-order valence-corrected chi connectivity index (χ4v) is 1.72. The van der Waals surface area contributed by atoms with Gasteiger partial charge in [-0.2, -0.15) is 5.10 Å². The predicted octanol–water partition coefficient (Wildman–Crippen LogP) is 0.0570. The first-order chi connectivity index (χ1) is 10.7. The second-order valence-corrected chi connectivity index (χ2v) is 4.35. The van der Waals surface area contributed by atoms with Gasteiger partial charge in [-0.05, 0) is 18.2 Å². The van der Waals surface area contributed by atoms with Crippen LogP contribution in [0.5, 0.6) is 0 Å². The molecule has 0 aliphatic carbocycles. The molecule has 0 radical (unpaired) electrons. The summed E-state index contributed by atoms with van der Waals surface area (Å²) in [6, 6.07) is 8.11. The van der Waals surface area contributed by atoms with E-state index in [-0.39, 0.29) is 17.2 Å². The van der Waals surface area contributed by atoms with E-state index >= 15 is 0 Å². The molecule has 0 unspecified atom stereocenters. The number of aromatic nitrogens is 6. The molecule has 0 atom stereocenters. The van der Waals surface area contributed by atoms with Crippen LogP contribution in [0.1, 0.15) is 16.2 Å². The fourth-order valence-electron chi connectivity index (χ4n) is 1.72. The van der Waals surface area contributed by atoms with Crippen molar-refractivity contribution in [3.8, 4) is 0 Å². The Bertz CT molecular complexity index is 820. The Morgan fingerprint density at radius 3 is 2.86 bits per heavy atom. The Morgan fingerprint density at radius 2 is 2.14 bits per heavy atom. The van der Waals surface area contributed by atoms with Gasteiger partial charge in [-0.1, -0.05) is 6.07 Å². The molecule has 0 fully saturated rings. The highest BCUT2D eigenvalue weighted by molar-refractivity contribution is 6.01. The summed E-state index contributed by atoms with van der Waals surface area (Å²) in [6.07, 6.45) is 3.18. The zero-order valence-electron chi connectivity index (χ0n) is 11.3. The first-order valence-corrected chi connectivity index (χ1v) is 6.37. The highest BCUT2D eigenvalue weighted by atomic mass is 16.2. The van der Waals surface area contributed by atoms with Crippen molar-refractivity contribution in [1.29, 1.82) is 0 Å². The molecule has 0 saturated heterocycles. The lowest BCUT2D eigenvalue weighted by atomic mass is 10.3.